The van der Waals surface area contributed by atoms with Crippen molar-refractivity contribution in [2.24, 2.45) is 10.9 Å². The lowest BCUT2D eigenvalue weighted by Gasteiger charge is -2.18. The van der Waals surface area contributed by atoms with E-state index in [1.54, 1.807) is 20.0 Å². The molecule has 7 nitrogen and oxygen atoms in total. The predicted molar refractivity (Wildman–Crippen MR) is 71.1 cm³/mol. The maximum atomic E-state index is 12.3. The number of aromatic nitrogens is 2. The van der Waals surface area contributed by atoms with Crippen LogP contribution in [0, 0.1) is 6.92 Å². The number of amides is 1. The van der Waals surface area contributed by atoms with Gasteiger partial charge < -0.3 is 15.8 Å². The number of hydrogen-bond donors (Lipinski definition) is 2. The summed E-state index contributed by atoms with van der Waals surface area (Å²) in [6.07, 6.45) is 0.958. The largest absolute Gasteiger partial charge is 0.409 e. The molecule has 19 heavy (non-hydrogen) atoms. The lowest BCUT2D eigenvalue weighted by Crippen LogP contribution is -2.31. The number of nitrogens with zero attached hydrogens (tertiary/aromatic N) is 4. The van der Waals surface area contributed by atoms with Gasteiger partial charge in [0.1, 0.15) is 5.84 Å². The highest BCUT2D eigenvalue weighted by molar-refractivity contribution is 5.95. The van der Waals surface area contributed by atoms with E-state index in [2.05, 4.69) is 15.4 Å². The molecule has 0 bridgehead atoms. The molecule has 1 rings (SSSR count). The summed E-state index contributed by atoms with van der Waals surface area (Å²) in [4.78, 5) is 13.8. The van der Waals surface area contributed by atoms with Gasteiger partial charge in [-0.25, -0.2) is 0 Å². The van der Waals surface area contributed by atoms with E-state index in [9.17, 15) is 4.79 Å². The van der Waals surface area contributed by atoms with Crippen molar-refractivity contribution < 1.29 is 10.0 Å². The molecule has 0 saturated carbocycles. The lowest BCUT2D eigenvalue weighted by molar-refractivity contribution is 0.0796. The number of aryl methyl sites for hydroxylation is 2. The summed E-state index contributed by atoms with van der Waals surface area (Å²) in [6.45, 7) is 4.09. The van der Waals surface area contributed by atoms with Crippen molar-refractivity contribution in [2.45, 2.75) is 26.7 Å². The minimum Gasteiger partial charge on any atom is -0.409 e. The molecule has 0 atom stereocenters. The molecule has 0 saturated heterocycles. The molecule has 0 aromatic carbocycles. The van der Waals surface area contributed by atoms with E-state index in [1.807, 2.05) is 6.92 Å². The van der Waals surface area contributed by atoms with Gasteiger partial charge in [0.25, 0.3) is 5.91 Å². The van der Waals surface area contributed by atoms with Crippen LogP contribution >= 0.6 is 0 Å². The number of hydrogen-bond acceptors (Lipinski definition) is 5. The standard InChI is InChI=1S/C12H19N5O2/c1-4-10-9(7-8(2)14-15-10)12(18)17(3)6-5-11(13)16-19/h7,19H,4-6H2,1-3H3,(H2,13,16). The molecular weight excluding hydrogens is 246 g/mol. The zero-order valence-electron chi connectivity index (χ0n) is 11.4. The Morgan fingerprint density at radius 2 is 2.21 bits per heavy atom. The Morgan fingerprint density at radius 1 is 1.53 bits per heavy atom. The Kier molecular flexibility index (Phi) is 5.23. The Labute approximate surface area is 112 Å². The van der Waals surface area contributed by atoms with E-state index in [4.69, 9.17) is 10.9 Å². The van der Waals surface area contributed by atoms with Crippen molar-refractivity contribution in [1.82, 2.24) is 15.1 Å². The number of carbonyl (C=O) groups excluding carboxylic acids is 1. The number of nitrogens with two attached hydrogens (primary N) is 1. The summed E-state index contributed by atoms with van der Waals surface area (Å²) in [5.74, 6) is -0.0417. The van der Waals surface area contributed by atoms with Gasteiger partial charge in [0.2, 0.25) is 0 Å². The van der Waals surface area contributed by atoms with Crippen molar-refractivity contribution in [1.29, 1.82) is 0 Å². The van der Waals surface area contributed by atoms with Crippen LogP contribution in [0.1, 0.15) is 35.1 Å². The third-order valence-electron chi connectivity index (χ3n) is 2.74. The van der Waals surface area contributed by atoms with Crippen LogP contribution in [0.5, 0.6) is 0 Å². The van der Waals surface area contributed by atoms with Crippen molar-refractivity contribution in [3.8, 4) is 0 Å². The first-order valence-electron chi connectivity index (χ1n) is 6.04. The van der Waals surface area contributed by atoms with Crippen molar-refractivity contribution in [3.63, 3.8) is 0 Å². The Balaban J connectivity index is 2.84. The van der Waals surface area contributed by atoms with Crippen LogP contribution in [0.25, 0.3) is 0 Å². The molecule has 3 N–H and O–H groups in total. The maximum Gasteiger partial charge on any atom is 0.255 e. The molecule has 7 heteroatoms. The second-order valence-corrected chi connectivity index (χ2v) is 4.27. The van der Waals surface area contributed by atoms with Gasteiger partial charge in [-0.1, -0.05) is 12.1 Å². The summed E-state index contributed by atoms with van der Waals surface area (Å²) in [7, 11) is 1.67. The Morgan fingerprint density at radius 3 is 2.79 bits per heavy atom. The Hall–Kier alpha value is -2.18. The topological polar surface area (TPSA) is 105 Å². The summed E-state index contributed by atoms with van der Waals surface area (Å²) >= 11 is 0. The fraction of sp³-hybridized carbons (Fsp3) is 0.500. The van der Waals surface area contributed by atoms with Crippen LogP contribution in [0.2, 0.25) is 0 Å². The summed E-state index contributed by atoms with van der Waals surface area (Å²) in [5, 5.41) is 19.3. The van der Waals surface area contributed by atoms with E-state index >= 15 is 0 Å². The molecule has 104 valence electrons. The molecule has 1 heterocycles. The highest BCUT2D eigenvalue weighted by atomic mass is 16.4. The van der Waals surface area contributed by atoms with Gasteiger partial charge >= 0.3 is 0 Å². The summed E-state index contributed by atoms with van der Waals surface area (Å²) in [5.41, 5.74) is 7.30. The number of carbonyl (C=O) groups is 1. The molecular formula is C12H19N5O2. The zero-order chi connectivity index (χ0) is 14.4. The quantitative estimate of drug-likeness (QED) is 0.350. The molecule has 0 radical (unpaired) electrons. The highest BCUT2D eigenvalue weighted by Crippen LogP contribution is 2.10. The van der Waals surface area contributed by atoms with Crippen molar-refractivity contribution in [3.05, 3.63) is 23.0 Å². The van der Waals surface area contributed by atoms with Gasteiger partial charge in [0.05, 0.1) is 17.0 Å². The lowest BCUT2D eigenvalue weighted by atomic mass is 10.1. The van der Waals surface area contributed by atoms with Crippen LogP contribution in [0.4, 0.5) is 0 Å². The van der Waals surface area contributed by atoms with Crippen LogP contribution in [-0.4, -0.2) is 45.6 Å². The Bertz CT molecular complexity index is 487. The van der Waals surface area contributed by atoms with E-state index < -0.39 is 0 Å². The SMILES string of the molecule is CCc1nnc(C)cc1C(=O)N(C)CCC(N)=NO. The monoisotopic (exact) mass is 265 g/mol. The van der Waals surface area contributed by atoms with Crippen molar-refractivity contribution >= 4 is 11.7 Å². The molecule has 1 amide bonds. The van der Waals surface area contributed by atoms with Gasteiger partial charge in [-0.15, -0.1) is 0 Å². The molecule has 0 fully saturated rings. The normalized spacial score (nSPS) is 11.4. The molecule has 1 aromatic rings. The molecule has 0 aliphatic heterocycles. The average molecular weight is 265 g/mol. The third kappa shape index (κ3) is 3.90. The van der Waals surface area contributed by atoms with Crippen LogP contribution in [-0.2, 0) is 6.42 Å². The average Bonchev–Trinajstić information content (AvgIpc) is 2.43. The third-order valence-corrected chi connectivity index (χ3v) is 2.74. The molecule has 1 aromatic heterocycles. The van der Waals surface area contributed by atoms with Gasteiger partial charge in [-0.2, -0.15) is 10.2 Å². The number of rotatable bonds is 5. The first-order valence-corrected chi connectivity index (χ1v) is 6.04. The second kappa shape index (κ2) is 6.67. The number of oxime groups is 1. The van der Waals surface area contributed by atoms with E-state index in [-0.39, 0.29) is 11.7 Å². The fourth-order valence-corrected chi connectivity index (χ4v) is 1.60. The number of amidine groups is 1. The minimum atomic E-state index is -0.138. The molecule has 0 aliphatic carbocycles. The first-order chi connectivity index (χ1) is 8.99. The molecule has 0 spiro atoms. The minimum absolute atomic E-state index is 0.0967. The first kappa shape index (κ1) is 14.9. The highest BCUT2D eigenvalue weighted by Gasteiger charge is 2.17. The maximum absolute atomic E-state index is 12.3. The van der Waals surface area contributed by atoms with E-state index in [1.165, 1.54) is 4.90 Å². The van der Waals surface area contributed by atoms with E-state index in [0.29, 0.717) is 36.3 Å². The molecule has 0 aliphatic rings. The zero-order valence-corrected chi connectivity index (χ0v) is 11.4. The van der Waals surface area contributed by atoms with Gasteiger partial charge in [0, 0.05) is 20.0 Å². The van der Waals surface area contributed by atoms with Crippen LogP contribution < -0.4 is 5.73 Å². The van der Waals surface area contributed by atoms with Crippen LogP contribution in [0.15, 0.2) is 11.2 Å². The van der Waals surface area contributed by atoms with Gasteiger partial charge in [0.15, 0.2) is 0 Å². The fourth-order valence-electron chi connectivity index (χ4n) is 1.60. The van der Waals surface area contributed by atoms with Gasteiger partial charge in [-0.3, -0.25) is 4.79 Å². The van der Waals surface area contributed by atoms with Crippen LogP contribution in [0.3, 0.4) is 0 Å². The smallest absolute Gasteiger partial charge is 0.255 e. The summed E-state index contributed by atoms with van der Waals surface area (Å²) < 4.78 is 0. The summed E-state index contributed by atoms with van der Waals surface area (Å²) in [6, 6.07) is 1.73. The molecule has 0 unspecified atom stereocenters. The van der Waals surface area contributed by atoms with E-state index in [0.717, 1.165) is 0 Å². The van der Waals surface area contributed by atoms with Crippen molar-refractivity contribution in [2.75, 3.05) is 13.6 Å². The second-order valence-electron chi connectivity index (χ2n) is 4.27. The predicted octanol–water partition coefficient (Wildman–Crippen LogP) is 0.556. The van der Waals surface area contributed by atoms with Gasteiger partial charge in [-0.05, 0) is 19.4 Å².